The summed E-state index contributed by atoms with van der Waals surface area (Å²) in [7, 11) is 1.49. The van der Waals surface area contributed by atoms with Gasteiger partial charge in [0.1, 0.15) is 11.5 Å². The zero-order valence-electron chi connectivity index (χ0n) is 12.6. The number of carbonyl (C=O) groups excluding carboxylic acids is 1. The summed E-state index contributed by atoms with van der Waals surface area (Å²) in [6, 6.07) is 10.1. The van der Waals surface area contributed by atoms with Crippen molar-refractivity contribution in [2.75, 3.05) is 12.0 Å². The van der Waals surface area contributed by atoms with Crippen LogP contribution in [-0.2, 0) is 0 Å². The molecule has 1 aliphatic rings. The highest BCUT2D eigenvalue weighted by Crippen LogP contribution is 2.38. The molecule has 1 aliphatic heterocycles. The van der Waals surface area contributed by atoms with E-state index in [-0.39, 0.29) is 11.7 Å². The van der Waals surface area contributed by atoms with Crippen LogP contribution in [0.1, 0.15) is 15.9 Å². The Morgan fingerprint density at radius 3 is 2.21 bits per heavy atom. The van der Waals surface area contributed by atoms with E-state index >= 15 is 0 Å². The molecule has 2 aromatic carbocycles. The predicted molar refractivity (Wildman–Crippen MR) is 82.0 cm³/mol. The summed E-state index contributed by atoms with van der Waals surface area (Å²) in [5.41, 5.74) is 1.92. The van der Waals surface area contributed by atoms with Crippen molar-refractivity contribution in [3.8, 4) is 11.5 Å². The Kier molecular flexibility index (Phi) is 3.71. The third-order valence-electron chi connectivity index (χ3n) is 3.57. The molecule has 124 valence electrons. The van der Waals surface area contributed by atoms with Crippen LogP contribution in [0, 0.1) is 0 Å². The molecule has 4 nitrogen and oxygen atoms in total. The van der Waals surface area contributed by atoms with Gasteiger partial charge in [0, 0.05) is 11.3 Å². The van der Waals surface area contributed by atoms with Gasteiger partial charge in [-0.3, -0.25) is 9.69 Å². The first kappa shape index (κ1) is 15.9. The van der Waals surface area contributed by atoms with E-state index in [4.69, 9.17) is 4.74 Å². The van der Waals surface area contributed by atoms with E-state index in [0.717, 1.165) is 12.1 Å². The number of carbonyl (C=O) groups is 1. The molecule has 1 amide bonds. The van der Waals surface area contributed by atoms with Crippen LogP contribution in [0.3, 0.4) is 0 Å². The topological polar surface area (TPSA) is 38.8 Å². The molecule has 0 spiro atoms. The van der Waals surface area contributed by atoms with Crippen molar-refractivity contribution in [1.82, 2.24) is 0 Å². The highest BCUT2D eigenvalue weighted by Gasteiger charge is 2.33. The summed E-state index contributed by atoms with van der Waals surface area (Å²) < 4.78 is 45.5. The summed E-state index contributed by atoms with van der Waals surface area (Å²) >= 11 is 0. The van der Waals surface area contributed by atoms with Gasteiger partial charge in [-0.05, 0) is 42.5 Å². The van der Waals surface area contributed by atoms with Gasteiger partial charge >= 0.3 is 6.36 Å². The lowest BCUT2D eigenvalue weighted by molar-refractivity contribution is -0.274. The average Bonchev–Trinajstić information content (AvgIpc) is 2.78. The monoisotopic (exact) mass is 335 g/mol. The Hall–Kier alpha value is -2.96. The van der Waals surface area contributed by atoms with Crippen molar-refractivity contribution in [1.29, 1.82) is 0 Å². The largest absolute Gasteiger partial charge is 0.573 e. The van der Waals surface area contributed by atoms with E-state index in [0.29, 0.717) is 28.3 Å². The molecule has 24 heavy (non-hydrogen) atoms. The zero-order chi connectivity index (χ0) is 17.5. The Bertz CT molecular complexity index is 813. The third-order valence-corrected chi connectivity index (χ3v) is 3.57. The molecule has 0 fully saturated rings. The van der Waals surface area contributed by atoms with E-state index < -0.39 is 6.36 Å². The van der Waals surface area contributed by atoms with Gasteiger partial charge in [0.15, 0.2) is 0 Å². The smallest absolute Gasteiger partial charge is 0.497 e. The van der Waals surface area contributed by atoms with Crippen LogP contribution in [0.25, 0.3) is 5.70 Å². The van der Waals surface area contributed by atoms with Crippen molar-refractivity contribution in [2.24, 2.45) is 0 Å². The Morgan fingerprint density at radius 2 is 1.62 bits per heavy atom. The molecule has 0 N–H and O–H groups in total. The molecule has 7 heteroatoms. The number of benzene rings is 2. The maximum absolute atomic E-state index is 12.6. The van der Waals surface area contributed by atoms with Gasteiger partial charge in [0.25, 0.3) is 5.91 Å². The van der Waals surface area contributed by atoms with Crippen LogP contribution < -0.4 is 14.4 Å². The molecule has 2 aromatic rings. The molecule has 0 saturated carbocycles. The molecule has 0 unspecified atom stereocenters. The Balaban J connectivity index is 1.91. The number of anilines is 1. The Labute approximate surface area is 135 Å². The molecule has 0 radical (unpaired) electrons. The fourth-order valence-corrected chi connectivity index (χ4v) is 2.51. The summed E-state index contributed by atoms with van der Waals surface area (Å²) in [5, 5.41) is 0. The number of halogens is 3. The second-order valence-corrected chi connectivity index (χ2v) is 5.04. The molecule has 0 atom stereocenters. The average molecular weight is 335 g/mol. The van der Waals surface area contributed by atoms with E-state index in [9.17, 15) is 18.0 Å². The highest BCUT2D eigenvalue weighted by atomic mass is 19.4. The van der Waals surface area contributed by atoms with Crippen LogP contribution in [-0.4, -0.2) is 19.4 Å². The number of hydrogen-bond acceptors (Lipinski definition) is 3. The van der Waals surface area contributed by atoms with Crippen LogP contribution in [0.2, 0.25) is 0 Å². The maximum Gasteiger partial charge on any atom is 0.573 e. The first-order chi connectivity index (χ1) is 11.3. The standard InChI is InChI=1S/C17H12F3NO3/c1-10-14-8-7-13(23-2)9-15(14)16(22)21(10)11-3-5-12(6-4-11)24-17(18,19)20/h3-9H,1H2,2H3. The van der Waals surface area contributed by atoms with E-state index in [1.165, 1.54) is 24.1 Å². The fourth-order valence-electron chi connectivity index (χ4n) is 2.51. The third kappa shape index (κ3) is 2.80. The van der Waals surface area contributed by atoms with Crippen molar-refractivity contribution in [3.63, 3.8) is 0 Å². The van der Waals surface area contributed by atoms with Gasteiger partial charge in [0.05, 0.1) is 18.4 Å². The summed E-state index contributed by atoms with van der Waals surface area (Å²) in [5.74, 6) is -0.147. The van der Waals surface area contributed by atoms with Gasteiger partial charge in [-0.15, -0.1) is 13.2 Å². The highest BCUT2D eigenvalue weighted by molar-refractivity contribution is 6.22. The normalized spacial score (nSPS) is 13.9. The van der Waals surface area contributed by atoms with E-state index in [1.54, 1.807) is 18.2 Å². The molecule has 0 aromatic heterocycles. The molecule has 1 heterocycles. The van der Waals surface area contributed by atoms with Crippen LogP contribution in [0.15, 0.2) is 49.0 Å². The molecule has 0 saturated heterocycles. The van der Waals surface area contributed by atoms with Gasteiger partial charge in [-0.2, -0.15) is 0 Å². The lowest BCUT2D eigenvalue weighted by Crippen LogP contribution is -2.22. The second kappa shape index (κ2) is 5.59. The van der Waals surface area contributed by atoms with Gasteiger partial charge < -0.3 is 9.47 Å². The number of amides is 1. The number of methoxy groups -OCH3 is 1. The first-order valence-corrected chi connectivity index (χ1v) is 6.88. The van der Waals surface area contributed by atoms with Crippen LogP contribution >= 0.6 is 0 Å². The minimum Gasteiger partial charge on any atom is -0.497 e. The summed E-state index contributed by atoms with van der Waals surface area (Å²) in [6.45, 7) is 3.89. The number of rotatable bonds is 3. The van der Waals surface area contributed by atoms with Crippen molar-refractivity contribution in [3.05, 3.63) is 60.2 Å². The number of alkyl halides is 3. The predicted octanol–water partition coefficient (Wildman–Crippen LogP) is 4.22. The summed E-state index contributed by atoms with van der Waals surface area (Å²) in [4.78, 5) is 13.9. The molecule has 3 rings (SSSR count). The van der Waals surface area contributed by atoms with Crippen LogP contribution in [0.5, 0.6) is 11.5 Å². The minimum atomic E-state index is -4.76. The van der Waals surface area contributed by atoms with E-state index in [2.05, 4.69) is 11.3 Å². The number of hydrogen-bond donors (Lipinski definition) is 0. The van der Waals surface area contributed by atoms with Gasteiger partial charge in [-0.25, -0.2) is 0 Å². The second-order valence-electron chi connectivity index (χ2n) is 5.04. The van der Waals surface area contributed by atoms with Crippen molar-refractivity contribution in [2.45, 2.75) is 6.36 Å². The summed E-state index contributed by atoms with van der Waals surface area (Å²) in [6.07, 6.45) is -4.76. The fraction of sp³-hybridized carbons (Fsp3) is 0.118. The lowest BCUT2D eigenvalue weighted by atomic mass is 10.1. The zero-order valence-corrected chi connectivity index (χ0v) is 12.6. The van der Waals surface area contributed by atoms with Crippen LogP contribution in [0.4, 0.5) is 18.9 Å². The molecule has 0 bridgehead atoms. The lowest BCUT2D eigenvalue weighted by Gasteiger charge is -2.18. The molecular weight excluding hydrogens is 323 g/mol. The molecule has 0 aliphatic carbocycles. The molecular formula is C17H12F3NO3. The Morgan fingerprint density at radius 1 is 1.00 bits per heavy atom. The van der Waals surface area contributed by atoms with Crippen molar-refractivity contribution >= 4 is 17.3 Å². The minimum absolute atomic E-state index is 0.321. The van der Waals surface area contributed by atoms with E-state index in [1.807, 2.05) is 0 Å². The number of ether oxygens (including phenoxy) is 2. The maximum atomic E-state index is 12.6. The number of fused-ring (bicyclic) bond motifs is 1. The first-order valence-electron chi connectivity index (χ1n) is 6.88. The number of nitrogens with zero attached hydrogens (tertiary/aromatic N) is 1. The SMILES string of the molecule is C=C1c2ccc(OC)cc2C(=O)N1c1ccc(OC(F)(F)F)cc1. The quantitative estimate of drug-likeness (QED) is 0.843. The van der Waals surface area contributed by atoms with Gasteiger partial charge in [-0.1, -0.05) is 6.58 Å². The van der Waals surface area contributed by atoms with Crippen molar-refractivity contribution < 1.29 is 27.4 Å². The van der Waals surface area contributed by atoms with Gasteiger partial charge in [0.2, 0.25) is 0 Å².